The van der Waals surface area contributed by atoms with Gasteiger partial charge in [0.1, 0.15) is 11.9 Å². The highest BCUT2D eigenvalue weighted by molar-refractivity contribution is 7.15. The average molecular weight is 387 g/mol. The summed E-state index contributed by atoms with van der Waals surface area (Å²) in [6, 6.07) is 9.77. The molecule has 0 saturated heterocycles. The predicted molar refractivity (Wildman–Crippen MR) is 102 cm³/mol. The molecule has 0 bridgehead atoms. The normalized spacial score (nSPS) is 11.9. The van der Waals surface area contributed by atoms with Gasteiger partial charge in [0.25, 0.3) is 0 Å². The number of thiophene rings is 1. The zero-order valence-corrected chi connectivity index (χ0v) is 16.2. The number of methoxy groups -OCH3 is 1. The maximum absolute atomic E-state index is 13.0. The van der Waals surface area contributed by atoms with Gasteiger partial charge in [0, 0.05) is 22.9 Å². The minimum atomic E-state index is -0.658. The molecule has 2 aromatic rings. The molecule has 1 atom stereocenters. The first-order valence-electron chi connectivity index (χ1n) is 7.82. The molecule has 1 aromatic heterocycles. The summed E-state index contributed by atoms with van der Waals surface area (Å²) < 4.78 is 18.0. The van der Waals surface area contributed by atoms with Crippen LogP contribution in [0.4, 0.5) is 4.39 Å². The lowest BCUT2D eigenvalue weighted by Gasteiger charge is -2.28. The number of hydrogen-bond acceptors (Lipinski definition) is 4. The van der Waals surface area contributed by atoms with E-state index in [1.165, 1.54) is 19.2 Å². The fraction of sp³-hybridized carbons (Fsp3) is 0.389. The predicted octanol–water partition coefficient (Wildman–Crippen LogP) is 3.69. The van der Waals surface area contributed by atoms with Crippen LogP contribution >= 0.6 is 23.7 Å². The number of carbonyl (C=O) groups is 1. The van der Waals surface area contributed by atoms with Gasteiger partial charge < -0.3 is 15.4 Å². The molecule has 1 unspecified atom stereocenters. The Morgan fingerprint density at radius 3 is 2.44 bits per heavy atom. The van der Waals surface area contributed by atoms with Gasteiger partial charge in [0.05, 0.1) is 13.2 Å². The number of nitrogens with zero attached hydrogens (tertiary/aromatic N) is 1. The first-order valence-corrected chi connectivity index (χ1v) is 8.63. The van der Waals surface area contributed by atoms with Crippen LogP contribution in [0.1, 0.15) is 18.7 Å². The second-order valence-corrected chi connectivity index (χ2v) is 7.06. The highest BCUT2D eigenvalue weighted by Crippen LogP contribution is 2.29. The SMILES string of the molecule is COCC(N)C(=O)N(Cc1ccc(-c2ccc(F)cc2)s1)C(C)C.Cl. The summed E-state index contributed by atoms with van der Waals surface area (Å²) in [4.78, 5) is 16.3. The lowest BCUT2D eigenvalue weighted by molar-refractivity contribution is -0.136. The van der Waals surface area contributed by atoms with Crippen LogP contribution in [-0.4, -0.2) is 36.6 Å². The zero-order chi connectivity index (χ0) is 17.7. The van der Waals surface area contributed by atoms with Crippen LogP contribution in [0.25, 0.3) is 10.4 Å². The van der Waals surface area contributed by atoms with Gasteiger partial charge in [-0.25, -0.2) is 4.39 Å². The van der Waals surface area contributed by atoms with Gasteiger partial charge in [-0.15, -0.1) is 23.7 Å². The third-order valence-corrected chi connectivity index (χ3v) is 4.81. The van der Waals surface area contributed by atoms with Crippen molar-refractivity contribution in [3.63, 3.8) is 0 Å². The summed E-state index contributed by atoms with van der Waals surface area (Å²) in [6.45, 7) is 4.63. The van der Waals surface area contributed by atoms with Gasteiger partial charge >= 0.3 is 0 Å². The fourth-order valence-electron chi connectivity index (χ4n) is 2.38. The van der Waals surface area contributed by atoms with Crippen molar-refractivity contribution in [3.8, 4) is 10.4 Å². The minimum absolute atomic E-state index is 0. The summed E-state index contributed by atoms with van der Waals surface area (Å²) in [5.41, 5.74) is 6.85. The van der Waals surface area contributed by atoms with Crippen LogP contribution in [0.3, 0.4) is 0 Å². The largest absolute Gasteiger partial charge is 0.383 e. The lowest BCUT2D eigenvalue weighted by atomic mass is 10.2. The van der Waals surface area contributed by atoms with E-state index in [2.05, 4.69) is 0 Å². The Balaban J connectivity index is 0.00000312. The van der Waals surface area contributed by atoms with Crippen molar-refractivity contribution < 1.29 is 13.9 Å². The highest BCUT2D eigenvalue weighted by atomic mass is 35.5. The van der Waals surface area contributed by atoms with Crippen molar-refractivity contribution in [2.24, 2.45) is 5.73 Å². The molecule has 7 heteroatoms. The van der Waals surface area contributed by atoms with E-state index in [4.69, 9.17) is 10.5 Å². The van der Waals surface area contributed by atoms with Crippen LogP contribution in [0.15, 0.2) is 36.4 Å². The maximum Gasteiger partial charge on any atom is 0.242 e. The molecule has 2 N–H and O–H groups in total. The van der Waals surface area contributed by atoms with Gasteiger partial charge in [-0.05, 0) is 43.7 Å². The summed E-state index contributed by atoms with van der Waals surface area (Å²) in [5, 5.41) is 0. The topological polar surface area (TPSA) is 55.6 Å². The Morgan fingerprint density at radius 2 is 1.88 bits per heavy atom. The molecular formula is C18H24ClFN2O2S. The first-order chi connectivity index (χ1) is 11.4. The van der Waals surface area contributed by atoms with Crippen molar-refractivity contribution in [1.29, 1.82) is 0 Å². The molecule has 0 radical (unpaired) electrons. The lowest BCUT2D eigenvalue weighted by Crippen LogP contribution is -2.48. The van der Waals surface area contributed by atoms with Crippen molar-refractivity contribution >= 4 is 29.7 Å². The van der Waals surface area contributed by atoms with E-state index >= 15 is 0 Å². The smallest absolute Gasteiger partial charge is 0.242 e. The van der Waals surface area contributed by atoms with Crippen LogP contribution < -0.4 is 5.73 Å². The molecule has 1 amide bonds. The number of rotatable bonds is 7. The number of amides is 1. The van der Waals surface area contributed by atoms with E-state index in [1.807, 2.05) is 26.0 Å². The third kappa shape index (κ3) is 5.78. The van der Waals surface area contributed by atoms with Gasteiger partial charge in [-0.3, -0.25) is 4.79 Å². The molecular weight excluding hydrogens is 363 g/mol. The Morgan fingerprint density at radius 1 is 1.24 bits per heavy atom. The molecule has 0 aliphatic rings. The number of ether oxygens (including phenoxy) is 1. The van der Waals surface area contributed by atoms with Crippen LogP contribution in [0.2, 0.25) is 0 Å². The second-order valence-electron chi connectivity index (χ2n) is 5.89. The third-order valence-electron chi connectivity index (χ3n) is 3.69. The highest BCUT2D eigenvalue weighted by Gasteiger charge is 2.24. The molecule has 2 rings (SSSR count). The van der Waals surface area contributed by atoms with E-state index in [1.54, 1.807) is 28.4 Å². The molecule has 1 heterocycles. The summed E-state index contributed by atoms with van der Waals surface area (Å²) in [5.74, 6) is -0.372. The molecule has 0 aliphatic carbocycles. The summed E-state index contributed by atoms with van der Waals surface area (Å²) in [6.07, 6.45) is 0. The first kappa shape index (κ1) is 21.6. The van der Waals surface area contributed by atoms with Crippen molar-refractivity contribution in [1.82, 2.24) is 4.90 Å². The number of hydrogen-bond donors (Lipinski definition) is 1. The van der Waals surface area contributed by atoms with Crippen LogP contribution in [0.5, 0.6) is 0 Å². The Bertz CT molecular complexity index is 676. The number of nitrogens with two attached hydrogens (primary N) is 1. The molecule has 0 fully saturated rings. The number of benzene rings is 1. The van der Waals surface area contributed by atoms with Gasteiger partial charge in [0.15, 0.2) is 0 Å². The standard InChI is InChI=1S/C18H23FN2O2S.ClH/c1-12(2)21(18(22)16(20)11-23-3)10-15-8-9-17(24-15)13-4-6-14(19)7-5-13;/h4-9,12,16H,10-11,20H2,1-3H3;1H. The van der Waals surface area contributed by atoms with E-state index < -0.39 is 6.04 Å². The van der Waals surface area contributed by atoms with Crippen molar-refractivity contribution in [2.45, 2.75) is 32.5 Å². The summed E-state index contributed by atoms with van der Waals surface area (Å²) >= 11 is 1.59. The van der Waals surface area contributed by atoms with Gasteiger partial charge in [-0.1, -0.05) is 12.1 Å². The molecule has 4 nitrogen and oxygen atoms in total. The Hall–Kier alpha value is -1.47. The van der Waals surface area contributed by atoms with E-state index in [-0.39, 0.29) is 36.8 Å². The van der Waals surface area contributed by atoms with Crippen molar-refractivity contribution in [3.05, 3.63) is 47.1 Å². The van der Waals surface area contributed by atoms with Crippen LogP contribution in [0, 0.1) is 5.82 Å². The van der Waals surface area contributed by atoms with Gasteiger partial charge in [0.2, 0.25) is 5.91 Å². The number of halogens is 2. The van der Waals surface area contributed by atoms with Crippen molar-refractivity contribution in [2.75, 3.05) is 13.7 Å². The van der Waals surface area contributed by atoms with E-state index in [0.717, 1.165) is 15.3 Å². The average Bonchev–Trinajstić information content (AvgIpc) is 3.01. The molecule has 138 valence electrons. The second kappa shape index (κ2) is 9.87. The zero-order valence-electron chi connectivity index (χ0n) is 14.6. The molecule has 1 aromatic carbocycles. The maximum atomic E-state index is 13.0. The molecule has 25 heavy (non-hydrogen) atoms. The fourth-order valence-corrected chi connectivity index (χ4v) is 3.39. The number of carbonyl (C=O) groups excluding carboxylic acids is 1. The Kier molecular flexibility index (Phi) is 8.52. The quantitative estimate of drug-likeness (QED) is 0.789. The molecule has 0 aliphatic heterocycles. The van der Waals surface area contributed by atoms with Gasteiger partial charge in [-0.2, -0.15) is 0 Å². The minimum Gasteiger partial charge on any atom is -0.383 e. The summed E-state index contributed by atoms with van der Waals surface area (Å²) in [7, 11) is 1.53. The van der Waals surface area contributed by atoms with E-state index in [9.17, 15) is 9.18 Å². The van der Waals surface area contributed by atoms with Crippen LogP contribution in [-0.2, 0) is 16.1 Å². The molecule has 0 spiro atoms. The monoisotopic (exact) mass is 386 g/mol. The van der Waals surface area contributed by atoms with E-state index in [0.29, 0.717) is 6.54 Å². The molecule has 0 saturated carbocycles. The Labute approximate surface area is 158 Å².